The summed E-state index contributed by atoms with van der Waals surface area (Å²) in [4.78, 5) is 14.1. The topological polar surface area (TPSA) is 47.0 Å². The zero-order chi connectivity index (χ0) is 13.0. The van der Waals surface area contributed by atoms with Gasteiger partial charge in [0.05, 0.1) is 11.4 Å². The normalized spacial score (nSPS) is 11.3. The first-order valence-electron chi connectivity index (χ1n) is 5.86. The fraction of sp³-hybridized carbons (Fsp3) is 0.286. The van der Waals surface area contributed by atoms with Crippen LogP contribution in [0.5, 0.6) is 5.75 Å². The minimum Gasteiger partial charge on any atom is -0.408 e. The predicted molar refractivity (Wildman–Crippen MR) is 71.0 cm³/mol. The van der Waals surface area contributed by atoms with E-state index in [-0.39, 0.29) is 5.54 Å². The molecular weight excluding hydrogens is 226 g/mol. The van der Waals surface area contributed by atoms with Crippen LogP contribution in [0.25, 0.3) is 11.4 Å². The Bertz CT molecular complexity index is 506. The third-order valence-corrected chi connectivity index (χ3v) is 2.13. The average molecular weight is 243 g/mol. The van der Waals surface area contributed by atoms with Crippen molar-refractivity contribution in [3.8, 4) is 17.1 Å². The third-order valence-electron chi connectivity index (χ3n) is 2.13. The highest BCUT2D eigenvalue weighted by Gasteiger charge is 2.10. The smallest absolute Gasteiger partial charge is 0.150 e. The molecule has 94 valence electrons. The van der Waals surface area contributed by atoms with E-state index in [1.807, 2.05) is 51.1 Å². The Morgan fingerprint density at radius 1 is 1.00 bits per heavy atom. The highest BCUT2D eigenvalue weighted by Crippen LogP contribution is 2.19. The minimum absolute atomic E-state index is 0.103. The summed E-state index contributed by atoms with van der Waals surface area (Å²) in [6.07, 6.45) is 3.46. The van der Waals surface area contributed by atoms with E-state index in [0.29, 0.717) is 0 Å². The van der Waals surface area contributed by atoms with Crippen LogP contribution >= 0.6 is 0 Å². The summed E-state index contributed by atoms with van der Waals surface area (Å²) in [5.74, 6) is 0.723. The number of aromatic nitrogens is 2. The molecule has 2 aromatic heterocycles. The van der Waals surface area contributed by atoms with Crippen LogP contribution in [0, 0.1) is 0 Å². The first kappa shape index (κ1) is 12.5. The molecular formula is C14H17N3O. The van der Waals surface area contributed by atoms with E-state index in [0.717, 1.165) is 17.1 Å². The maximum Gasteiger partial charge on any atom is 0.150 e. The lowest BCUT2D eigenvalue weighted by Crippen LogP contribution is -2.38. The van der Waals surface area contributed by atoms with Gasteiger partial charge in [-0.05, 0) is 32.9 Å². The van der Waals surface area contributed by atoms with Crippen LogP contribution in [0.1, 0.15) is 20.8 Å². The lowest BCUT2D eigenvalue weighted by Gasteiger charge is -2.20. The van der Waals surface area contributed by atoms with E-state index in [1.165, 1.54) is 0 Å². The largest absolute Gasteiger partial charge is 0.408 e. The van der Waals surface area contributed by atoms with Gasteiger partial charge in [0.1, 0.15) is 0 Å². The molecule has 0 saturated heterocycles. The molecule has 0 aliphatic rings. The van der Waals surface area contributed by atoms with Crippen LogP contribution in [-0.2, 0) is 0 Å². The zero-order valence-electron chi connectivity index (χ0n) is 10.8. The summed E-state index contributed by atoms with van der Waals surface area (Å²) in [7, 11) is 0. The van der Waals surface area contributed by atoms with E-state index in [9.17, 15) is 0 Å². The summed E-state index contributed by atoms with van der Waals surface area (Å²) < 4.78 is 0. The highest BCUT2D eigenvalue weighted by molar-refractivity contribution is 5.55. The fourth-order valence-corrected chi connectivity index (χ4v) is 1.34. The molecule has 0 aliphatic heterocycles. The molecule has 0 atom stereocenters. The number of hydrogen-bond acceptors (Lipinski definition) is 4. The van der Waals surface area contributed by atoms with Crippen LogP contribution < -0.4 is 10.3 Å². The van der Waals surface area contributed by atoms with Gasteiger partial charge in [0.25, 0.3) is 0 Å². The number of rotatable bonds is 3. The van der Waals surface area contributed by atoms with Crippen molar-refractivity contribution >= 4 is 0 Å². The van der Waals surface area contributed by atoms with Gasteiger partial charge in [0.2, 0.25) is 0 Å². The van der Waals surface area contributed by atoms with Crippen molar-refractivity contribution < 1.29 is 4.84 Å². The van der Waals surface area contributed by atoms with E-state index < -0.39 is 0 Å². The molecule has 2 heterocycles. The SMILES string of the molecule is CC(C)(C)NOc1ccnc(-c2ccccn2)c1. The molecule has 0 amide bonds. The Labute approximate surface area is 107 Å². The summed E-state index contributed by atoms with van der Waals surface area (Å²) in [5, 5.41) is 0. The fourth-order valence-electron chi connectivity index (χ4n) is 1.34. The first-order valence-corrected chi connectivity index (χ1v) is 5.86. The highest BCUT2D eigenvalue weighted by atomic mass is 16.6. The van der Waals surface area contributed by atoms with Gasteiger partial charge in [0.15, 0.2) is 5.75 Å². The Morgan fingerprint density at radius 2 is 1.78 bits per heavy atom. The number of hydroxylamine groups is 1. The number of pyridine rings is 2. The van der Waals surface area contributed by atoms with E-state index in [1.54, 1.807) is 12.4 Å². The quantitative estimate of drug-likeness (QED) is 0.842. The Morgan fingerprint density at radius 3 is 2.44 bits per heavy atom. The molecule has 2 rings (SSSR count). The second-order valence-electron chi connectivity index (χ2n) is 5.05. The third kappa shape index (κ3) is 3.53. The van der Waals surface area contributed by atoms with Crippen LogP contribution in [0.2, 0.25) is 0 Å². The van der Waals surface area contributed by atoms with Crippen molar-refractivity contribution in [2.75, 3.05) is 0 Å². The van der Waals surface area contributed by atoms with Crippen LogP contribution in [0.3, 0.4) is 0 Å². The molecule has 0 fully saturated rings. The molecule has 0 bridgehead atoms. The Balaban J connectivity index is 2.16. The van der Waals surface area contributed by atoms with Gasteiger partial charge in [0, 0.05) is 30.1 Å². The molecule has 4 nitrogen and oxygen atoms in total. The molecule has 0 unspecified atom stereocenters. The summed E-state index contributed by atoms with van der Waals surface area (Å²) >= 11 is 0. The predicted octanol–water partition coefficient (Wildman–Crippen LogP) is 2.83. The van der Waals surface area contributed by atoms with Crippen LogP contribution in [0.4, 0.5) is 0 Å². The summed E-state index contributed by atoms with van der Waals surface area (Å²) in [5.41, 5.74) is 4.49. The molecule has 18 heavy (non-hydrogen) atoms. The Kier molecular flexibility index (Phi) is 3.58. The lowest BCUT2D eigenvalue weighted by atomic mass is 10.1. The minimum atomic E-state index is -0.103. The van der Waals surface area contributed by atoms with Gasteiger partial charge in [-0.2, -0.15) is 5.48 Å². The van der Waals surface area contributed by atoms with Crippen molar-refractivity contribution in [2.24, 2.45) is 0 Å². The number of nitrogens with one attached hydrogen (secondary N) is 1. The van der Waals surface area contributed by atoms with Gasteiger partial charge in [-0.3, -0.25) is 9.97 Å². The first-order chi connectivity index (χ1) is 8.54. The molecule has 1 N–H and O–H groups in total. The standard InChI is InChI=1S/C14H17N3O/c1-14(2,3)17-18-11-7-9-16-13(10-11)12-6-4-5-8-15-12/h4-10,17H,1-3H3. The number of hydrogen-bond donors (Lipinski definition) is 1. The molecule has 0 aromatic carbocycles. The van der Waals surface area contributed by atoms with Gasteiger partial charge < -0.3 is 4.84 Å². The van der Waals surface area contributed by atoms with Gasteiger partial charge >= 0.3 is 0 Å². The monoisotopic (exact) mass is 243 g/mol. The maximum atomic E-state index is 5.51. The van der Waals surface area contributed by atoms with Crippen molar-refractivity contribution in [3.05, 3.63) is 42.7 Å². The lowest BCUT2D eigenvalue weighted by molar-refractivity contribution is 0.119. The van der Waals surface area contributed by atoms with Crippen LogP contribution in [-0.4, -0.2) is 15.5 Å². The second kappa shape index (κ2) is 5.14. The Hall–Kier alpha value is -1.94. The number of nitrogens with zero attached hydrogens (tertiary/aromatic N) is 2. The van der Waals surface area contributed by atoms with Gasteiger partial charge in [-0.15, -0.1) is 0 Å². The van der Waals surface area contributed by atoms with Crippen molar-refractivity contribution in [3.63, 3.8) is 0 Å². The van der Waals surface area contributed by atoms with Crippen molar-refractivity contribution in [1.29, 1.82) is 0 Å². The van der Waals surface area contributed by atoms with E-state index >= 15 is 0 Å². The van der Waals surface area contributed by atoms with E-state index in [2.05, 4.69) is 15.4 Å². The van der Waals surface area contributed by atoms with E-state index in [4.69, 9.17) is 4.84 Å². The van der Waals surface area contributed by atoms with Crippen molar-refractivity contribution in [1.82, 2.24) is 15.4 Å². The van der Waals surface area contributed by atoms with Crippen LogP contribution in [0.15, 0.2) is 42.7 Å². The summed E-state index contributed by atoms with van der Waals surface area (Å²) in [6, 6.07) is 9.41. The zero-order valence-corrected chi connectivity index (χ0v) is 10.8. The maximum absolute atomic E-state index is 5.51. The molecule has 0 radical (unpaired) electrons. The molecule has 0 saturated carbocycles. The summed E-state index contributed by atoms with van der Waals surface area (Å²) in [6.45, 7) is 6.11. The average Bonchev–Trinajstić information content (AvgIpc) is 2.37. The van der Waals surface area contributed by atoms with Crippen molar-refractivity contribution in [2.45, 2.75) is 26.3 Å². The second-order valence-corrected chi connectivity index (χ2v) is 5.05. The van der Waals surface area contributed by atoms with Gasteiger partial charge in [-0.1, -0.05) is 6.07 Å². The molecule has 0 aliphatic carbocycles. The molecule has 2 aromatic rings. The molecule has 4 heteroatoms. The van der Waals surface area contributed by atoms with Gasteiger partial charge in [-0.25, -0.2) is 0 Å². The molecule has 0 spiro atoms.